The Morgan fingerprint density at radius 2 is 2.15 bits per heavy atom. The minimum Gasteiger partial charge on any atom is -0.299 e. The largest absolute Gasteiger partial charge is 0.299 e. The van der Waals surface area contributed by atoms with Gasteiger partial charge in [0, 0.05) is 17.3 Å². The SMILES string of the molecule is CCC(C)N(C)Cc1c(C(=O)NN)sc2ccccc12. The molecule has 0 bridgehead atoms. The number of thiophene rings is 1. The lowest BCUT2D eigenvalue weighted by Gasteiger charge is -2.23. The molecule has 1 unspecified atom stereocenters. The van der Waals surface area contributed by atoms with Gasteiger partial charge in [0.2, 0.25) is 0 Å². The van der Waals surface area contributed by atoms with Gasteiger partial charge in [0.05, 0.1) is 4.88 Å². The van der Waals surface area contributed by atoms with Gasteiger partial charge in [0.15, 0.2) is 0 Å². The van der Waals surface area contributed by atoms with Crippen molar-refractivity contribution < 1.29 is 4.79 Å². The highest BCUT2D eigenvalue weighted by Crippen LogP contribution is 2.32. The zero-order valence-corrected chi connectivity index (χ0v) is 13.0. The molecule has 0 aliphatic carbocycles. The fourth-order valence-electron chi connectivity index (χ4n) is 2.22. The topological polar surface area (TPSA) is 58.4 Å². The molecule has 5 heteroatoms. The van der Waals surface area contributed by atoms with E-state index in [9.17, 15) is 4.79 Å². The van der Waals surface area contributed by atoms with Gasteiger partial charge in [-0.25, -0.2) is 5.84 Å². The van der Waals surface area contributed by atoms with Gasteiger partial charge in [-0.2, -0.15) is 0 Å². The van der Waals surface area contributed by atoms with Crippen LogP contribution in [0.5, 0.6) is 0 Å². The highest BCUT2D eigenvalue weighted by Gasteiger charge is 2.19. The van der Waals surface area contributed by atoms with Gasteiger partial charge in [-0.3, -0.25) is 15.1 Å². The highest BCUT2D eigenvalue weighted by atomic mass is 32.1. The third-order valence-electron chi connectivity index (χ3n) is 3.79. The maximum absolute atomic E-state index is 12.0. The molecule has 0 spiro atoms. The average Bonchev–Trinajstić information content (AvgIpc) is 2.84. The van der Waals surface area contributed by atoms with E-state index in [1.807, 2.05) is 18.2 Å². The number of nitrogens with zero attached hydrogens (tertiary/aromatic N) is 1. The van der Waals surface area contributed by atoms with E-state index < -0.39 is 0 Å². The van der Waals surface area contributed by atoms with Crippen molar-refractivity contribution in [1.82, 2.24) is 10.3 Å². The summed E-state index contributed by atoms with van der Waals surface area (Å²) in [6.07, 6.45) is 1.08. The summed E-state index contributed by atoms with van der Waals surface area (Å²) in [6, 6.07) is 8.58. The third kappa shape index (κ3) is 2.85. The highest BCUT2D eigenvalue weighted by molar-refractivity contribution is 7.21. The number of amides is 1. The number of nitrogen functional groups attached to an aromatic ring is 1. The number of hydrazine groups is 1. The molecule has 0 fully saturated rings. The molecule has 0 saturated carbocycles. The number of nitrogens with one attached hydrogen (secondary N) is 1. The maximum atomic E-state index is 12.0. The zero-order valence-electron chi connectivity index (χ0n) is 12.1. The molecule has 0 saturated heterocycles. The Kier molecular flexibility index (Phi) is 4.75. The second-order valence-corrected chi connectivity index (χ2v) is 6.10. The van der Waals surface area contributed by atoms with Crippen LogP contribution >= 0.6 is 11.3 Å². The average molecular weight is 291 g/mol. The normalized spacial score (nSPS) is 12.8. The molecule has 1 heterocycles. The predicted octanol–water partition coefficient (Wildman–Crippen LogP) is 2.74. The Morgan fingerprint density at radius 1 is 1.45 bits per heavy atom. The number of fused-ring (bicyclic) bond motifs is 1. The van der Waals surface area contributed by atoms with Crippen molar-refractivity contribution in [2.24, 2.45) is 5.84 Å². The van der Waals surface area contributed by atoms with Crippen LogP contribution in [0.3, 0.4) is 0 Å². The molecule has 1 aromatic heterocycles. The van der Waals surface area contributed by atoms with E-state index in [-0.39, 0.29) is 5.91 Å². The second-order valence-electron chi connectivity index (χ2n) is 5.05. The Hall–Kier alpha value is -1.43. The Labute approximate surface area is 123 Å². The van der Waals surface area contributed by atoms with Crippen LogP contribution in [-0.2, 0) is 6.54 Å². The summed E-state index contributed by atoms with van der Waals surface area (Å²) in [6.45, 7) is 5.11. The molecular formula is C15H21N3OS. The molecule has 1 amide bonds. The first-order chi connectivity index (χ1) is 9.58. The van der Waals surface area contributed by atoms with E-state index in [4.69, 9.17) is 5.84 Å². The van der Waals surface area contributed by atoms with Gasteiger partial charge < -0.3 is 0 Å². The lowest BCUT2D eigenvalue weighted by molar-refractivity contribution is 0.0955. The van der Waals surface area contributed by atoms with Crippen molar-refractivity contribution in [3.05, 3.63) is 34.7 Å². The van der Waals surface area contributed by atoms with Crippen molar-refractivity contribution in [3.63, 3.8) is 0 Å². The summed E-state index contributed by atoms with van der Waals surface area (Å²) in [5.41, 5.74) is 3.32. The Morgan fingerprint density at radius 3 is 2.80 bits per heavy atom. The van der Waals surface area contributed by atoms with E-state index in [0.717, 1.165) is 28.6 Å². The zero-order chi connectivity index (χ0) is 14.7. The molecule has 4 nitrogen and oxygen atoms in total. The first kappa shape index (κ1) is 15.0. The van der Waals surface area contributed by atoms with Gasteiger partial charge in [-0.15, -0.1) is 11.3 Å². The fourth-order valence-corrected chi connectivity index (χ4v) is 3.34. The number of hydrogen-bond acceptors (Lipinski definition) is 4. The summed E-state index contributed by atoms with van der Waals surface area (Å²) in [5, 5.41) is 1.14. The number of hydrogen-bond donors (Lipinski definition) is 2. The standard InChI is InChI=1S/C15H21N3OS/c1-4-10(2)18(3)9-12-11-7-5-6-8-13(11)20-14(12)15(19)17-16/h5-8,10H,4,9,16H2,1-3H3,(H,17,19). The summed E-state index contributed by atoms with van der Waals surface area (Å²) >= 11 is 1.50. The summed E-state index contributed by atoms with van der Waals surface area (Å²) < 4.78 is 1.12. The van der Waals surface area contributed by atoms with E-state index in [2.05, 4.69) is 37.3 Å². The van der Waals surface area contributed by atoms with Crippen LogP contribution in [0.1, 0.15) is 35.5 Å². The molecule has 0 radical (unpaired) electrons. The molecule has 2 aromatic rings. The summed E-state index contributed by atoms with van der Waals surface area (Å²) in [4.78, 5) is 15.0. The van der Waals surface area contributed by atoms with Gasteiger partial charge in [0.25, 0.3) is 5.91 Å². The molecule has 1 aromatic carbocycles. The van der Waals surface area contributed by atoms with Crippen molar-refractivity contribution in [2.45, 2.75) is 32.9 Å². The second kappa shape index (κ2) is 6.35. The molecule has 108 valence electrons. The van der Waals surface area contributed by atoms with E-state index in [1.54, 1.807) is 0 Å². The first-order valence-corrected chi connectivity index (χ1v) is 7.61. The molecule has 3 N–H and O–H groups in total. The molecule has 1 atom stereocenters. The lowest BCUT2D eigenvalue weighted by atomic mass is 10.1. The molecule has 20 heavy (non-hydrogen) atoms. The van der Waals surface area contributed by atoms with Crippen LogP contribution in [0.2, 0.25) is 0 Å². The van der Waals surface area contributed by atoms with Crippen molar-refractivity contribution in [2.75, 3.05) is 7.05 Å². The lowest BCUT2D eigenvalue weighted by Crippen LogP contribution is -2.32. The van der Waals surface area contributed by atoms with Crippen LogP contribution in [-0.4, -0.2) is 23.9 Å². The maximum Gasteiger partial charge on any atom is 0.275 e. The number of benzene rings is 1. The molecule has 2 rings (SSSR count). The van der Waals surface area contributed by atoms with E-state index in [0.29, 0.717) is 10.9 Å². The molecular weight excluding hydrogens is 270 g/mol. The third-order valence-corrected chi connectivity index (χ3v) is 5.00. The van der Waals surface area contributed by atoms with Crippen LogP contribution in [0.4, 0.5) is 0 Å². The number of carbonyl (C=O) groups excluding carboxylic acids is 1. The smallest absolute Gasteiger partial charge is 0.275 e. The van der Waals surface area contributed by atoms with Crippen LogP contribution < -0.4 is 11.3 Å². The van der Waals surface area contributed by atoms with Crippen LogP contribution in [0, 0.1) is 0 Å². The van der Waals surface area contributed by atoms with Crippen LogP contribution in [0.25, 0.3) is 10.1 Å². The molecule has 0 aliphatic rings. The summed E-state index contributed by atoms with van der Waals surface area (Å²) in [5.74, 6) is 5.10. The first-order valence-electron chi connectivity index (χ1n) is 6.80. The minimum atomic E-state index is -0.209. The quantitative estimate of drug-likeness (QED) is 0.506. The molecule has 0 aliphatic heterocycles. The van der Waals surface area contributed by atoms with Crippen molar-refractivity contribution in [3.8, 4) is 0 Å². The van der Waals surface area contributed by atoms with Crippen molar-refractivity contribution >= 4 is 27.3 Å². The van der Waals surface area contributed by atoms with Gasteiger partial charge in [0.1, 0.15) is 0 Å². The van der Waals surface area contributed by atoms with Crippen LogP contribution in [0.15, 0.2) is 24.3 Å². The minimum absolute atomic E-state index is 0.209. The van der Waals surface area contributed by atoms with Gasteiger partial charge in [-0.05, 0) is 37.4 Å². The van der Waals surface area contributed by atoms with E-state index >= 15 is 0 Å². The Bertz CT molecular complexity index is 608. The van der Waals surface area contributed by atoms with Crippen molar-refractivity contribution in [1.29, 1.82) is 0 Å². The fraction of sp³-hybridized carbons (Fsp3) is 0.400. The summed E-state index contributed by atoms with van der Waals surface area (Å²) in [7, 11) is 2.09. The monoisotopic (exact) mass is 291 g/mol. The van der Waals surface area contributed by atoms with Gasteiger partial charge >= 0.3 is 0 Å². The van der Waals surface area contributed by atoms with E-state index in [1.165, 1.54) is 11.3 Å². The predicted molar refractivity (Wildman–Crippen MR) is 84.7 cm³/mol. The Balaban J connectivity index is 2.45. The number of nitrogens with two attached hydrogens (primary N) is 1. The number of rotatable bonds is 5. The van der Waals surface area contributed by atoms with Gasteiger partial charge in [-0.1, -0.05) is 25.1 Å². The number of carbonyl (C=O) groups is 1.